The van der Waals surface area contributed by atoms with Crippen LogP contribution in [0.25, 0.3) is 0 Å². The van der Waals surface area contributed by atoms with E-state index in [1.165, 1.54) is 6.42 Å². The monoisotopic (exact) mass is 285 g/mol. The van der Waals surface area contributed by atoms with Gasteiger partial charge < -0.3 is 9.64 Å². The van der Waals surface area contributed by atoms with Crippen LogP contribution in [-0.4, -0.2) is 28.8 Å². The van der Waals surface area contributed by atoms with E-state index < -0.39 is 0 Å². The number of carbonyl (C=O) groups excluding carboxylic acids is 1. The molecule has 0 bridgehead atoms. The number of nitrogens with zero attached hydrogens (tertiary/aromatic N) is 3. The van der Waals surface area contributed by atoms with Crippen molar-refractivity contribution in [3.63, 3.8) is 0 Å². The summed E-state index contributed by atoms with van der Waals surface area (Å²) >= 11 is 0. The Morgan fingerprint density at radius 3 is 2.57 bits per heavy atom. The van der Waals surface area contributed by atoms with Gasteiger partial charge in [-0.05, 0) is 31.4 Å². The highest BCUT2D eigenvalue weighted by atomic mass is 16.5. The quantitative estimate of drug-likeness (QED) is 0.867. The number of ether oxygens (including phenoxy) is 1. The molecule has 21 heavy (non-hydrogen) atoms. The van der Waals surface area contributed by atoms with Crippen molar-refractivity contribution in [1.82, 2.24) is 9.78 Å². The Bertz CT molecular complexity index is 632. The van der Waals surface area contributed by atoms with Gasteiger partial charge >= 0.3 is 0 Å². The van der Waals surface area contributed by atoms with Gasteiger partial charge in [-0.3, -0.25) is 4.79 Å². The zero-order valence-corrected chi connectivity index (χ0v) is 12.3. The van der Waals surface area contributed by atoms with Crippen LogP contribution in [0.5, 0.6) is 5.88 Å². The normalized spacial score (nSPS) is 14.6. The number of aromatic nitrogens is 2. The topological polar surface area (TPSA) is 47.4 Å². The number of hydrogen-bond acceptors (Lipinski definition) is 3. The maximum absolute atomic E-state index is 12.9. The molecule has 5 nitrogen and oxygen atoms in total. The molecule has 5 heteroatoms. The largest absolute Gasteiger partial charge is 0.481 e. The van der Waals surface area contributed by atoms with Crippen LogP contribution in [0.3, 0.4) is 0 Å². The summed E-state index contributed by atoms with van der Waals surface area (Å²) < 4.78 is 6.77. The lowest BCUT2D eigenvalue weighted by molar-refractivity contribution is 0.0958. The van der Waals surface area contributed by atoms with Crippen molar-refractivity contribution in [2.24, 2.45) is 7.05 Å². The van der Waals surface area contributed by atoms with E-state index in [4.69, 9.17) is 4.74 Å². The third kappa shape index (κ3) is 2.51. The zero-order valence-electron chi connectivity index (χ0n) is 12.3. The average molecular weight is 285 g/mol. The summed E-state index contributed by atoms with van der Waals surface area (Å²) in [5.74, 6) is 0.518. The molecule has 1 aliphatic carbocycles. The summed E-state index contributed by atoms with van der Waals surface area (Å²) in [4.78, 5) is 14.7. The van der Waals surface area contributed by atoms with E-state index in [1.807, 2.05) is 35.2 Å². The Morgan fingerprint density at radius 2 is 2.05 bits per heavy atom. The summed E-state index contributed by atoms with van der Waals surface area (Å²) in [6.07, 6.45) is 3.27. The van der Waals surface area contributed by atoms with Gasteiger partial charge in [0, 0.05) is 24.8 Å². The van der Waals surface area contributed by atoms with Gasteiger partial charge in [-0.1, -0.05) is 18.2 Å². The summed E-state index contributed by atoms with van der Waals surface area (Å²) in [7, 11) is 3.35. The second kappa shape index (κ2) is 5.60. The standard InChI is InChI=1S/C16H19N3O2/c1-18-15(21-2)11-14(17-18)16(20)19(13-9-6-10-13)12-7-4-3-5-8-12/h3-5,7-8,11,13H,6,9-10H2,1-2H3. The fourth-order valence-corrected chi connectivity index (χ4v) is 2.60. The van der Waals surface area contributed by atoms with E-state index in [2.05, 4.69) is 5.10 Å². The molecule has 0 radical (unpaired) electrons. The van der Waals surface area contributed by atoms with Crippen molar-refractivity contribution in [3.8, 4) is 5.88 Å². The predicted octanol–water partition coefficient (Wildman–Crippen LogP) is 2.63. The first-order chi connectivity index (χ1) is 10.2. The van der Waals surface area contributed by atoms with Crippen LogP contribution in [0.4, 0.5) is 5.69 Å². The van der Waals surface area contributed by atoms with Crippen LogP contribution < -0.4 is 9.64 Å². The highest BCUT2D eigenvalue weighted by Gasteiger charge is 2.32. The van der Waals surface area contributed by atoms with E-state index >= 15 is 0 Å². The van der Waals surface area contributed by atoms with Crippen molar-refractivity contribution in [2.45, 2.75) is 25.3 Å². The van der Waals surface area contributed by atoms with Crippen molar-refractivity contribution >= 4 is 11.6 Å². The lowest BCUT2D eigenvalue weighted by Gasteiger charge is -2.37. The molecule has 2 aromatic rings. The van der Waals surface area contributed by atoms with Gasteiger partial charge in [-0.25, -0.2) is 4.68 Å². The number of benzene rings is 1. The molecule has 1 aromatic carbocycles. The SMILES string of the molecule is COc1cc(C(=O)N(c2ccccc2)C2CCC2)nn1C. The number of rotatable bonds is 4. The Labute approximate surface area is 124 Å². The maximum atomic E-state index is 12.9. The number of aryl methyl sites for hydroxylation is 1. The number of carbonyl (C=O) groups is 1. The molecule has 110 valence electrons. The average Bonchev–Trinajstić information content (AvgIpc) is 2.84. The second-order valence-corrected chi connectivity index (χ2v) is 5.29. The van der Waals surface area contributed by atoms with Gasteiger partial charge in [0.1, 0.15) is 0 Å². The third-order valence-electron chi connectivity index (χ3n) is 3.96. The zero-order chi connectivity index (χ0) is 14.8. The van der Waals surface area contributed by atoms with E-state index in [-0.39, 0.29) is 11.9 Å². The Kier molecular flexibility index (Phi) is 3.64. The molecule has 1 aliphatic rings. The fraction of sp³-hybridized carbons (Fsp3) is 0.375. The summed E-state index contributed by atoms with van der Waals surface area (Å²) in [5, 5.41) is 4.27. The third-order valence-corrected chi connectivity index (χ3v) is 3.96. The number of amides is 1. The Balaban J connectivity index is 1.94. The van der Waals surface area contributed by atoms with E-state index in [9.17, 15) is 4.79 Å². The molecular formula is C16H19N3O2. The fourth-order valence-electron chi connectivity index (χ4n) is 2.60. The van der Waals surface area contributed by atoms with Gasteiger partial charge in [-0.15, -0.1) is 0 Å². The molecule has 1 amide bonds. The molecule has 0 spiro atoms. The molecular weight excluding hydrogens is 266 g/mol. The van der Waals surface area contributed by atoms with Gasteiger partial charge in [0.2, 0.25) is 5.88 Å². The van der Waals surface area contributed by atoms with Crippen LogP contribution in [0.1, 0.15) is 29.8 Å². The summed E-state index contributed by atoms with van der Waals surface area (Å²) in [5.41, 5.74) is 1.35. The maximum Gasteiger partial charge on any atom is 0.279 e. The molecule has 1 heterocycles. The highest BCUT2D eigenvalue weighted by molar-refractivity contribution is 6.05. The Morgan fingerprint density at radius 1 is 1.33 bits per heavy atom. The van der Waals surface area contributed by atoms with Crippen LogP contribution in [0.15, 0.2) is 36.4 Å². The minimum absolute atomic E-state index is 0.0650. The van der Waals surface area contributed by atoms with Crippen molar-refractivity contribution in [1.29, 1.82) is 0 Å². The second-order valence-electron chi connectivity index (χ2n) is 5.29. The number of anilines is 1. The van der Waals surface area contributed by atoms with Crippen molar-refractivity contribution < 1.29 is 9.53 Å². The lowest BCUT2D eigenvalue weighted by atomic mass is 9.90. The molecule has 1 fully saturated rings. The minimum atomic E-state index is -0.0650. The molecule has 0 N–H and O–H groups in total. The van der Waals surface area contributed by atoms with E-state index in [0.29, 0.717) is 11.6 Å². The van der Waals surface area contributed by atoms with Gasteiger partial charge in [-0.2, -0.15) is 5.10 Å². The summed E-state index contributed by atoms with van der Waals surface area (Å²) in [6.45, 7) is 0. The summed E-state index contributed by atoms with van der Waals surface area (Å²) in [6, 6.07) is 11.8. The van der Waals surface area contributed by atoms with Crippen LogP contribution >= 0.6 is 0 Å². The predicted molar refractivity (Wildman–Crippen MR) is 80.7 cm³/mol. The minimum Gasteiger partial charge on any atom is -0.481 e. The van der Waals surface area contributed by atoms with E-state index in [0.717, 1.165) is 18.5 Å². The lowest BCUT2D eigenvalue weighted by Crippen LogP contribution is -2.44. The van der Waals surface area contributed by atoms with Gasteiger partial charge in [0.05, 0.1) is 7.11 Å². The molecule has 1 saturated carbocycles. The van der Waals surface area contributed by atoms with Gasteiger partial charge in [0.15, 0.2) is 5.69 Å². The van der Waals surface area contributed by atoms with E-state index in [1.54, 1.807) is 24.9 Å². The van der Waals surface area contributed by atoms with Gasteiger partial charge in [0.25, 0.3) is 5.91 Å². The Hall–Kier alpha value is -2.30. The molecule has 0 saturated heterocycles. The number of methoxy groups -OCH3 is 1. The number of para-hydroxylation sites is 1. The smallest absolute Gasteiger partial charge is 0.279 e. The van der Waals surface area contributed by atoms with Crippen molar-refractivity contribution in [3.05, 3.63) is 42.1 Å². The van der Waals surface area contributed by atoms with Crippen LogP contribution in [-0.2, 0) is 7.05 Å². The molecule has 0 unspecified atom stereocenters. The molecule has 0 atom stereocenters. The van der Waals surface area contributed by atoms with Crippen LogP contribution in [0.2, 0.25) is 0 Å². The number of hydrogen-bond donors (Lipinski definition) is 0. The first-order valence-electron chi connectivity index (χ1n) is 7.17. The van der Waals surface area contributed by atoms with Crippen molar-refractivity contribution in [2.75, 3.05) is 12.0 Å². The molecule has 1 aromatic heterocycles. The highest BCUT2D eigenvalue weighted by Crippen LogP contribution is 2.31. The molecule has 0 aliphatic heterocycles. The van der Waals surface area contributed by atoms with Crippen LogP contribution in [0, 0.1) is 0 Å². The first kappa shape index (κ1) is 13.7. The first-order valence-corrected chi connectivity index (χ1v) is 7.17. The molecule has 3 rings (SSSR count).